The molecular weight excluding hydrogens is 290 g/mol. The van der Waals surface area contributed by atoms with E-state index in [0.717, 1.165) is 38.3 Å². The molecule has 0 atom stereocenters. The first-order valence-corrected chi connectivity index (χ1v) is 8.26. The smallest absolute Gasteiger partial charge is 0.229 e. The van der Waals surface area contributed by atoms with Gasteiger partial charge in [0.05, 0.1) is 12.6 Å². The molecule has 0 unspecified atom stereocenters. The van der Waals surface area contributed by atoms with Gasteiger partial charge in [0, 0.05) is 26.6 Å². The van der Waals surface area contributed by atoms with Crippen molar-refractivity contribution in [3.63, 3.8) is 0 Å². The van der Waals surface area contributed by atoms with E-state index in [4.69, 9.17) is 5.26 Å². The number of aromatic nitrogens is 3. The molecular formula is C16H27N7. The van der Waals surface area contributed by atoms with Crippen LogP contribution in [0, 0.1) is 17.2 Å². The molecule has 0 saturated carbocycles. The van der Waals surface area contributed by atoms with Gasteiger partial charge in [0.15, 0.2) is 0 Å². The van der Waals surface area contributed by atoms with Crippen LogP contribution in [-0.2, 0) is 0 Å². The van der Waals surface area contributed by atoms with Crippen LogP contribution in [0.5, 0.6) is 0 Å². The lowest BCUT2D eigenvalue weighted by atomic mass is 9.97. The number of rotatable bonds is 6. The molecule has 1 aliphatic heterocycles. The van der Waals surface area contributed by atoms with Gasteiger partial charge in [-0.15, -0.1) is 0 Å². The molecule has 0 amide bonds. The first-order valence-electron chi connectivity index (χ1n) is 8.26. The third-order valence-corrected chi connectivity index (χ3v) is 4.11. The molecule has 7 heteroatoms. The highest BCUT2D eigenvalue weighted by molar-refractivity contribution is 5.36. The number of hydrogen-bond donors (Lipinski definition) is 1. The van der Waals surface area contributed by atoms with E-state index < -0.39 is 0 Å². The van der Waals surface area contributed by atoms with E-state index in [9.17, 15) is 0 Å². The van der Waals surface area contributed by atoms with Gasteiger partial charge in [-0.1, -0.05) is 13.8 Å². The zero-order chi connectivity index (χ0) is 16.8. The second-order valence-corrected chi connectivity index (χ2v) is 6.62. The Morgan fingerprint density at radius 3 is 2.52 bits per heavy atom. The van der Waals surface area contributed by atoms with Crippen LogP contribution in [0.1, 0.15) is 38.4 Å². The zero-order valence-corrected chi connectivity index (χ0v) is 14.6. The van der Waals surface area contributed by atoms with Gasteiger partial charge in [0.1, 0.15) is 5.82 Å². The Labute approximate surface area is 138 Å². The van der Waals surface area contributed by atoms with Crippen LogP contribution in [0.3, 0.4) is 0 Å². The van der Waals surface area contributed by atoms with E-state index in [1.54, 1.807) is 0 Å². The fourth-order valence-corrected chi connectivity index (χ4v) is 2.60. The topological polar surface area (TPSA) is 81.0 Å². The lowest BCUT2D eigenvalue weighted by Crippen LogP contribution is -2.36. The van der Waals surface area contributed by atoms with Crippen LogP contribution < -0.4 is 10.2 Å². The van der Waals surface area contributed by atoms with E-state index in [-0.39, 0.29) is 5.92 Å². The van der Waals surface area contributed by atoms with Gasteiger partial charge in [0.2, 0.25) is 11.9 Å². The highest BCUT2D eigenvalue weighted by atomic mass is 15.3. The normalized spacial score (nSPS) is 16.3. The van der Waals surface area contributed by atoms with E-state index in [1.807, 2.05) is 19.0 Å². The van der Waals surface area contributed by atoms with Gasteiger partial charge in [-0.25, -0.2) is 0 Å². The monoisotopic (exact) mass is 317 g/mol. The molecule has 1 aliphatic rings. The highest BCUT2D eigenvalue weighted by Crippen LogP contribution is 2.19. The number of anilines is 2. The maximum Gasteiger partial charge on any atom is 0.229 e. The molecule has 1 aromatic heterocycles. The molecule has 2 rings (SSSR count). The molecule has 1 aromatic rings. The number of nitrogens with one attached hydrogen (secondary N) is 1. The van der Waals surface area contributed by atoms with Gasteiger partial charge in [-0.05, 0) is 31.8 Å². The summed E-state index contributed by atoms with van der Waals surface area (Å²) in [6.45, 7) is 7.58. The SMILES string of the molecule is CC(C)c1nc(NCC2CCN(CC#N)CC2)nc(N(C)C)n1. The number of piperidine rings is 1. The number of hydrogen-bond acceptors (Lipinski definition) is 7. The molecule has 2 heterocycles. The first kappa shape index (κ1) is 17.4. The molecule has 1 saturated heterocycles. The maximum atomic E-state index is 8.75. The third-order valence-electron chi connectivity index (χ3n) is 4.11. The standard InChI is InChI=1S/C16H27N7/c1-12(2)14-19-15(21-16(20-14)22(3)4)18-11-13-5-8-23(9-6-13)10-7-17/h12-13H,5-6,8-11H2,1-4H3,(H,18,19,20,21). The quantitative estimate of drug-likeness (QED) is 0.800. The van der Waals surface area contributed by atoms with Gasteiger partial charge in [-0.2, -0.15) is 20.2 Å². The molecule has 0 aliphatic carbocycles. The number of nitrogens with zero attached hydrogens (tertiary/aromatic N) is 6. The second kappa shape index (κ2) is 8.06. The minimum absolute atomic E-state index is 0.270. The van der Waals surface area contributed by atoms with E-state index in [1.165, 1.54) is 0 Å². The molecule has 0 aromatic carbocycles. The lowest BCUT2D eigenvalue weighted by molar-refractivity contribution is 0.208. The van der Waals surface area contributed by atoms with Crippen molar-refractivity contribution < 1.29 is 0 Å². The summed E-state index contributed by atoms with van der Waals surface area (Å²) in [5.41, 5.74) is 0. The Morgan fingerprint density at radius 2 is 1.96 bits per heavy atom. The molecule has 1 N–H and O–H groups in total. The third kappa shape index (κ3) is 5.03. The van der Waals surface area contributed by atoms with Crippen molar-refractivity contribution in [2.45, 2.75) is 32.6 Å². The average molecular weight is 317 g/mol. The summed E-state index contributed by atoms with van der Waals surface area (Å²) in [6.07, 6.45) is 2.22. The Kier molecular flexibility index (Phi) is 6.11. The van der Waals surface area contributed by atoms with E-state index in [0.29, 0.717) is 24.4 Å². The van der Waals surface area contributed by atoms with Crippen LogP contribution >= 0.6 is 0 Å². The summed E-state index contributed by atoms with van der Waals surface area (Å²) in [6, 6.07) is 2.22. The fraction of sp³-hybridized carbons (Fsp3) is 0.750. The zero-order valence-electron chi connectivity index (χ0n) is 14.6. The van der Waals surface area contributed by atoms with Gasteiger partial charge < -0.3 is 10.2 Å². The van der Waals surface area contributed by atoms with Crippen molar-refractivity contribution in [3.8, 4) is 6.07 Å². The summed E-state index contributed by atoms with van der Waals surface area (Å²) in [5.74, 6) is 3.04. The molecule has 23 heavy (non-hydrogen) atoms. The highest BCUT2D eigenvalue weighted by Gasteiger charge is 2.19. The van der Waals surface area contributed by atoms with Crippen molar-refractivity contribution in [3.05, 3.63) is 5.82 Å². The maximum absolute atomic E-state index is 8.75. The lowest BCUT2D eigenvalue weighted by Gasteiger charge is -2.30. The minimum Gasteiger partial charge on any atom is -0.354 e. The summed E-state index contributed by atoms with van der Waals surface area (Å²) in [7, 11) is 3.88. The molecule has 0 spiro atoms. The Morgan fingerprint density at radius 1 is 1.26 bits per heavy atom. The van der Waals surface area contributed by atoms with Crippen LogP contribution in [0.25, 0.3) is 0 Å². The first-order chi connectivity index (χ1) is 11.0. The van der Waals surface area contributed by atoms with Gasteiger partial charge in [-0.3, -0.25) is 4.90 Å². The Balaban J connectivity index is 1.94. The Bertz CT molecular complexity index is 516. The van der Waals surface area contributed by atoms with Crippen LogP contribution in [0.15, 0.2) is 0 Å². The van der Waals surface area contributed by atoms with Crippen molar-refractivity contribution in [2.24, 2.45) is 5.92 Å². The van der Waals surface area contributed by atoms with E-state index in [2.05, 4.69) is 45.1 Å². The van der Waals surface area contributed by atoms with Crippen molar-refractivity contribution >= 4 is 11.9 Å². The van der Waals surface area contributed by atoms with Gasteiger partial charge in [0.25, 0.3) is 0 Å². The predicted molar refractivity (Wildman–Crippen MR) is 91.5 cm³/mol. The summed E-state index contributed by atoms with van der Waals surface area (Å²) < 4.78 is 0. The molecule has 0 bridgehead atoms. The molecule has 7 nitrogen and oxygen atoms in total. The fourth-order valence-electron chi connectivity index (χ4n) is 2.60. The molecule has 1 fully saturated rings. The average Bonchev–Trinajstić information content (AvgIpc) is 2.54. The predicted octanol–water partition coefficient (Wildman–Crippen LogP) is 1.71. The van der Waals surface area contributed by atoms with Crippen LogP contribution in [0.4, 0.5) is 11.9 Å². The van der Waals surface area contributed by atoms with Crippen molar-refractivity contribution in [1.29, 1.82) is 5.26 Å². The summed E-state index contributed by atoms with van der Waals surface area (Å²) in [5, 5.41) is 12.1. The summed E-state index contributed by atoms with van der Waals surface area (Å²) >= 11 is 0. The largest absolute Gasteiger partial charge is 0.354 e. The van der Waals surface area contributed by atoms with E-state index >= 15 is 0 Å². The van der Waals surface area contributed by atoms with Crippen LogP contribution in [0.2, 0.25) is 0 Å². The molecule has 126 valence electrons. The Hall–Kier alpha value is -1.94. The second-order valence-electron chi connectivity index (χ2n) is 6.62. The minimum atomic E-state index is 0.270. The number of likely N-dealkylation sites (tertiary alicyclic amines) is 1. The van der Waals surface area contributed by atoms with Crippen LogP contribution in [-0.4, -0.2) is 60.1 Å². The van der Waals surface area contributed by atoms with Gasteiger partial charge >= 0.3 is 0 Å². The molecule has 0 radical (unpaired) electrons. The van der Waals surface area contributed by atoms with Crippen molar-refractivity contribution in [2.75, 3.05) is 50.5 Å². The summed E-state index contributed by atoms with van der Waals surface area (Å²) in [4.78, 5) is 17.6. The van der Waals surface area contributed by atoms with Crippen molar-refractivity contribution in [1.82, 2.24) is 19.9 Å². The number of nitriles is 1.